The SMILES string of the molecule is CCn1c(SCC(=O)Nc2ccc3ccccc3c2)nnc1C(CO)NC(=O)c1ccc(OC)cc1. The Bertz CT molecular complexity index is 1360. The summed E-state index contributed by atoms with van der Waals surface area (Å²) in [5.74, 6) is 0.661. The van der Waals surface area contributed by atoms with Crippen molar-refractivity contribution in [3.05, 3.63) is 78.1 Å². The quantitative estimate of drug-likeness (QED) is 0.282. The summed E-state index contributed by atoms with van der Waals surface area (Å²) in [7, 11) is 1.55. The maximum atomic E-state index is 12.7. The molecule has 3 aromatic carbocycles. The van der Waals surface area contributed by atoms with E-state index in [1.165, 1.54) is 11.8 Å². The minimum Gasteiger partial charge on any atom is -0.497 e. The molecule has 186 valence electrons. The van der Waals surface area contributed by atoms with Crippen LogP contribution >= 0.6 is 11.8 Å². The van der Waals surface area contributed by atoms with E-state index in [1.54, 1.807) is 35.9 Å². The Kier molecular flexibility index (Phi) is 8.19. The number of hydrogen-bond donors (Lipinski definition) is 3. The molecule has 10 heteroatoms. The average molecular weight is 506 g/mol. The third-order valence-corrected chi connectivity index (χ3v) is 6.55. The van der Waals surface area contributed by atoms with Crippen LogP contribution in [-0.4, -0.2) is 51.2 Å². The summed E-state index contributed by atoms with van der Waals surface area (Å²) in [6.45, 7) is 2.06. The lowest BCUT2D eigenvalue weighted by molar-refractivity contribution is -0.113. The molecule has 4 aromatic rings. The Balaban J connectivity index is 1.40. The Labute approximate surface area is 212 Å². The molecule has 1 atom stereocenters. The van der Waals surface area contributed by atoms with Crippen LogP contribution in [0.2, 0.25) is 0 Å². The summed E-state index contributed by atoms with van der Waals surface area (Å²) >= 11 is 1.24. The topological polar surface area (TPSA) is 118 Å². The van der Waals surface area contributed by atoms with Gasteiger partial charge in [-0.15, -0.1) is 10.2 Å². The second kappa shape index (κ2) is 11.7. The Morgan fingerprint density at radius 1 is 1.06 bits per heavy atom. The van der Waals surface area contributed by atoms with Crippen LogP contribution < -0.4 is 15.4 Å². The van der Waals surface area contributed by atoms with Crippen molar-refractivity contribution in [3.63, 3.8) is 0 Å². The van der Waals surface area contributed by atoms with Gasteiger partial charge < -0.3 is 25.0 Å². The molecule has 3 N–H and O–H groups in total. The zero-order valence-electron chi connectivity index (χ0n) is 20.0. The molecule has 1 heterocycles. The maximum Gasteiger partial charge on any atom is 0.251 e. The number of nitrogens with one attached hydrogen (secondary N) is 2. The number of amides is 2. The summed E-state index contributed by atoms with van der Waals surface area (Å²) in [4.78, 5) is 25.3. The summed E-state index contributed by atoms with van der Waals surface area (Å²) < 4.78 is 6.90. The van der Waals surface area contributed by atoms with Crippen molar-refractivity contribution in [2.24, 2.45) is 0 Å². The number of thioether (sulfide) groups is 1. The zero-order valence-corrected chi connectivity index (χ0v) is 20.8. The van der Waals surface area contributed by atoms with Gasteiger partial charge in [-0.05, 0) is 54.1 Å². The van der Waals surface area contributed by atoms with E-state index in [4.69, 9.17) is 4.74 Å². The van der Waals surface area contributed by atoms with Gasteiger partial charge in [0.2, 0.25) is 5.91 Å². The molecule has 0 aliphatic rings. The number of carbonyl (C=O) groups is 2. The first-order valence-corrected chi connectivity index (χ1v) is 12.4. The lowest BCUT2D eigenvalue weighted by Gasteiger charge is -2.17. The van der Waals surface area contributed by atoms with Gasteiger partial charge in [0.1, 0.15) is 11.8 Å². The lowest BCUT2D eigenvalue weighted by atomic mass is 10.1. The normalized spacial score (nSPS) is 11.8. The average Bonchev–Trinajstić information content (AvgIpc) is 3.33. The molecule has 9 nitrogen and oxygen atoms in total. The van der Waals surface area contributed by atoms with E-state index in [0.717, 1.165) is 16.5 Å². The number of methoxy groups -OCH3 is 1. The van der Waals surface area contributed by atoms with Gasteiger partial charge in [-0.3, -0.25) is 9.59 Å². The highest BCUT2D eigenvalue weighted by atomic mass is 32.2. The highest BCUT2D eigenvalue weighted by Gasteiger charge is 2.23. The van der Waals surface area contributed by atoms with Crippen LogP contribution in [0.3, 0.4) is 0 Å². The number of aliphatic hydroxyl groups excluding tert-OH is 1. The number of nitrogens with zero attached hydrogens (tertiary/aromatic N) is 3. The first-order chi connectivity index (χ1) is 17.5. The number of aliphatic hydroxyl groups is 1. The van der Waals surface area contributed by atoms with Crippen LogP contribution in [0.1, 0.15) is 29.1 Å². The first kappa shape index (κ1) is 25.2. The number of fused-ring (bicyclic) bond motifs is 1. The van der Waals surface area contributed by atoms with E-state index in [2.05, 4.69) is 20.8 Å². The Morgan fingerprint density at radius 2 is 1.81 bits per heavy atom. The molecular formula is C26H27N5O4S. The summed E-state index contributed by atoms with van der Waals surface area (Å²) in [5.41, 5.74) is 1.15. The maximum absolute atomic E-state index is 12.7. The van der Waals surface area contributed by atoms with Crippen LogP contribution in [0.25, 0.3) is 10.8 Å². The molecule has 0 aliphatic heterocycles. The summed E-state index contributed by atoms with van der Waals surface area (Å²) in [5, 5.41) is 26.7. The molecule has 0 saturated heterocycles. The van der Waals surface area contributed by atoms with E-state index in [1.807, 2.05) is 49.4 Å². The van der Waals surface area contributed by atoms with E-state index in [0.29, 0.717) is 28.8 Å². The third kappa shape index (κ3) is 5.84. The molecule has 0 bridgehead atoms. The number of hydrogen-bond acceptors (Lipinski definition) is 7. The summed E-state index contributed by atoms with van der Waals surface area (Å²) in [6.07, 6.45) is 0. The van der Waals surface area contributed by atoms with Crippen LogP contribution in [-0.2, 0) is 11.3 Å². The molecule has 2 amide bonds. The number of aromatic nitrogens is 3. The van der Waals surface area contributed by atoms with Crippen molar-refractivity contribution < 1.29 is 19.4 Å². The molecule has 0 saturated carbocycles. The number of benzene rings is 3. The third-order valence-electron chi connectivity index (χ3n) is 5.58. The van der Waals surface area contributed by atoms with Crippen LogP contribution in [0.15, 0.2) is 71.9 Å². The Hall–Kier alpha value is -3.89. The summed E-state index contributed by atoms with van der Waals surface area (Å²) in [6, 6.07) is 19.6. The van der Waals surface area contributed by atoms with Crippen molar-refractivity contribution >= 4 is 40.0 Å². The predicted octanol–water partition coefficient (Wildman–Crippen LogP) is 3.65. The number of ether oxygens (including phenoxy) is 1. The monoisotopic (exact) mass is 505 g/mol. The van der Waals surface area contributed by atoms with Gasteiger partial charge in [-0.1, -0.05) is 42.1 Å². The van der Waals surface area contributed by atoms with Gasteiger partial charge in [0, 0.05) is 17.8 Å². The van der Waals surface area contributed by atoms with E-state index in [-0.39, 0.29) is 24.2 Å². The molecule has 1 unspecified atom stereocenters. The minimum atomic E-state index is -0.757. The highest BCUT2D eigenvalue weighted by molar-refractivity contribution is 7.99. The van der Waals surface area contributed by atoms with Crippen molar-refractivity contribution in [1.82, 2.24) is 20.1 Å². The van der Waals surface area contributed by atoms with Gasteiger partial charge in [-0.25, -0.2) is 0 Å². The van der Waals surface area contributed by atoms with E-state index < -0.39 is 6.04 Å². The standard InChI is InChI=1S/C26H27N5O4S/c1-3-31-24(22(15-32)28-25(34)18-9-12-21(35-2)13-10-18)29-30-26(31)36-16-23(33)27-20-11-8-17-6-4-5-7-19(17)14-20/h4-14,22,32H,3,15-16H2,1-2H3,(H,27,33)(H,28,34). The molecular weight excluding hydrogens is 478 g/mol. The second-order valence-corrected chi connectivity index (χ2v) is 8.86. The molecule has 4 rings (SSSR count). The molecule has 0 aliphatic carbocycles. The predicted molar refractivity (Wildman–Crippen MR) is 139 cm³/mol. The second-order valence-electron chi connectivity index (χ2n) is 7.92. The fraction of sp³-hybridized carbons (Fsp3) is 0.231. The number of carbonyl (C=O) groups excluding carboxylic acids is 2. The zero-order chi connectivity index (χ0) is 25.5. The first-order valence-electron chi connectivity index (χ1n) is 11.4. The van der Waals surface area contributed by atoms with Crippen molar-refractivity contribution in [2.75, 3.05) is 24.8 Å². The fourth-order valence-corrected chi connectivity index (χ4v) is 4.54. The smallest absolute Gasteiger partial charge is 0.251 e. The van der Waals surface area contributed by atoms with E-state index >= 15 is 0 Å². The number of anilines is 1. The van der Waals surface area contributed by atoms with Crippen LogP contribution in [0.5, 0.6) is 5.75 Å². The van der Waals surface area contributed by atoms with Gasteiger partial charge in [0.15, 0.2) is 11.0 Å². The molecule has 0 radical (unpaired) electrons. The van der Waals surface area contributed by atoms with Gasteiger partial charge in [0.05, 0.1) is 19.5 Å². The van der Waals surface area contributed by atoms with Crippen molar-refractivity contribution in [2.45, 2.75) is 24.7 Å². The highest BCUT2D eigenvalue weighted by Crippen LogP contribution is 2.23. The minimum absolute atomic E-state index is 0.132. The fourth-order valence-electron chi connectivity index (χ4n) is 3.73. The number of rotatable bonds is 10. The van der Waals surface area contributed by atoms with Gasteiger partial charge in [0.25, 0.3) is 5.91 Å². The van der Waals surface area contributed by atoms with E-state index in [9.17, 15) is 14.7 Å². The molecule has 1 aromatic heterocycles. The molecule has 36 heavy (non-hydrogen) atoms. The molecule has 0 fully saturated rings. The van der Waals surface area contributed by atoms with Crippen LogP contribution in [0.4, 0.5) is 5.69 Å². The largest absolute Gasteiger partial charge is 0.497 e. The van der Waals surface area contributed by atoms with Crippen molar-refractivity contribution in [3.8, 4) is 5.75 Å². The Morgan fingerprint density at radius 3 is 2.50 bits per heavy atom. The lowest BCUT2D eigenvalue weighted by Crippen LogP contribution is -2.32. The molecule has 0 spiro atoms. The van der Waals surface area contributed by atoms with Gasteiger partial charge in [-0.2, -0.15) is 0 Å². The van der Waals surface area contributed by atoms with Crippen LogP contribution in [0, 0.1) is 0 Å². The van der Waals surface area contributed by atoms with Gasteiger partial charge >= 0.3 is 0 Å². The van der Waals surface area contributed by atoms with Crippen molar-refractivity contribution in [1.29, 1.82) is 0 Å².